The minimum atomic E-state index is -0.320. The number of benzene rings is 1. The highest BCUT2D eigenvalue weighted by atomic mass is 16.2. The highest BCUT2D eigenvalue weighted by molar-refractivity contribution is 5.93. The van der Waals surface area contributed by atoms with Crippen LogP contribution >= 0.6 is 0 Å². The molecule has 1 aromatic heterocycles. The van der Waals surface area contributed by atoms with Crippen molar-refractivity contribution in [3.8, 4) is 0 Å². The first-order valence-corrected chi connectivity index (χ1v) is 7.07. The van der Waals surface area contributed by atoms with Gasteiger partial charge in [-0.1, -0.05) is 45.0 Å². The van der Waals surface area contributed by atoms with Gasteiger partial charge < -0.3 is 0 Å². The Hall–Kier alpha value is -2.43. The average molecular weight is 284 g/mol. The molecule has 110 valence electrons. The van der Waals surface area contributed by atoms with E-state index in [1.165, 1.54) is 5.56 Å². The SMILES string of the molecule is CCc1ccc(C=NNC(=O)c2cc(C(C)C)[nH]n2)cc1. The van der Waals surface area contributed by atoms with Crippen LogP contribution in [0.5, 0.6) is 0 Å². The largest absolute Gasteiger partial charge is 0.291 e. The third-order valence-electron chi connectivity index (χ3n) is 3.22. The number of nitrogens with zero attached hydrogens (tertiary/aromatic N) is 2. The van der Waals surface area contributed by atoms with Crippen molar-refractivity contribution in [3.05, 3.63) is 52.8 Å². The van der Waals surface area contributed by atoms with Crippen LogP contribution in [0.1, 0.15) is 54.0 Å². The van der Waals surface area contributed by atoms with Crippen LogP contribution in [0.4, 0.5) is 0 Å². The van der Waals surface area contributed by atoms with Crippen molar-refractivity contribution >= 4 is 12.1 Å². The van der Waals surface area contributed by atoms with Crippen molar-refractivity contribution in [3.63, 3.8) is 0 Å². The lowest BCUT2D eigenvalue weighted by Crippen LogP contribution is -2.18. The molecule has 1 aromatic carbocycles. The molecular formula is C16H20N4O. The maximum absolute atomic E-state index is 11.9. The van der Waals surface area contributed by atoms with Gasteiger partial charge in [0.15, 0.2) is 5.69 Å². The minimum Gasteiger partial charge on any atom is -0.282 e. The number of carbonyl (C=O) groups is 1. The molecule has 0 bridgehead atoms. The van der Waals surface area contributed by atoms with E-state index in [9.17, 15) is 4.79 Å². The minimum absolute atomic E-state index is 0.305. The van der Waals surface area contributed by atoms with Crippen LogP contribution in [0.2, 0.25) is 0 Å². The molecular weight excluding hydrogens is 264 g/mol. The van der Waals surface area contributed by atoms with Crippen LogP contribution in [0, 0.1) is 0 Å². The summed E-state index contributed by atoms with van der Waals surface area (Å²) < 4.78 is 0. The van der Waals surface area contributed by atoms with Gasteiger partial charge in [-0.3, -0.25) is 9.89 Å². The van der Waals surface area contributed by atoms with Gasteiger partial charge in [0, 0.05) is 5.69 Å². The fourth-order valence-corrected chi connectivity index (χ4v) is 1.81. The molecule has 2 rings (SSSR count). The van der Waals surface area contributed by atoms with Gasteiger partial charge in [0.2, 0.25) is 0 Å². The summed E-state index contributed by atoms with van der Waals surface area (Å²) in [6.45, 7) is 6.18. The summed E-state index contributed by atoms with van der Waals surface area (Å²) in [5.41, 5.74) is 5.96. The summed E-state index contributed by atoms with van der Waals surface area (Å²) >= 11 is 0. The second-order valence-corrected chi connectivity index (χ2v) is 5.16. The van der Waals surface area contributed by atoms with Crippen LogP contribution in [0.25, 0.3) is 0 Å². The Balaban J connectivity index is 1.94. The number of nitrogens with one attached hydrogen (secondary N) is 2. The molecule has 0 aliphatic rings. The molecule has 0 spiro atoms. The Bertz CT molecular complexity index is 626. The van der Waals surface area contributed by atoms with E-state index in [1.807, 2.05) is 38.1 Å². The third-order valence-corrected chi connectivity index (χ3v) is 3.22. The summed E-state index contributed by atoms with van der Waals surface area (Å²) in [6.07, 6.45) is 2.62. The fourth-order valence-electron chi connectivity index (χ4n) is 1.81. The molecule has 0 saturated carbocycles. The molecule has 5 nitrogen and oxygen atoms in total. The van der Waals surface area contributed by atoms with Gasteiger partial charge in [0.1, 0.15) is 0 Å². The summed E-state index contributed by atoms with van der Waals surface area (Å²) in [5.74, 6) is -0.0146. The van der Waals surface area contributed by atoms with Gasteiger partial charge >= 0.3 is 0 Å². The molecule has 1 heterocycles. The number of H-pyrrole nitrogens is 1. The lowest BCUT2D eigenvalue weighted by Gasteiger charge is -1.98. The zero-order valence-corrected chi connectivity index (χ0v) is 12.6. The van der Waals surface area contributed by atoms with Crippen molar-refractivity contribution < 1.29 is 4.79 Å². The quantitative estimate of drug-likeness (QED) is 0.654. The number of aromatic amines is 1. The van der Waals surface area contributed by atoms with E-state index in [4.69, 9.17) is 0 Å². The van der Waals surface area contributed by atoms with Crippen molar-refractivity contribution in [1.82, 2.24) is 15.6 Å². The summed E-state index contributed by atoms with van der Waals surface area (Å²) in [4.78, 5) is 11.9. The summed E-state index contributed by atoms with van der Waals surface area (Å²) in [6, 6.07) is 9.78. The van der Waals surface area contributed by atoms with Crippen LogP contribution in [0.3, 0.4) is 0 Å². The lowest BCUT2D eigenvalue weighted by molar-refractivity contribution is 0.0950. The maximum Gasteiger partial charge on any atom is 0.291 e. The molecule has 1 amide bonds. The van der Waals surface area contributed by atoms with Crippen molar-refractivity contribution in [1.29, 1.82) is 0 Å². The number of rotatable bonds is 5. The predicted molar refractivity (Wildman–Crippen MR) is 83.6 cm³/mol. The Labute approximate surface area is 124 Å². The van der Waals surface area contributed by atoms with Crippen molar-refractivity contribution in [2.45, 2.75) is 33.1 Å². The molecule has 2 aromatic rings. The van der Waals surface area contributed by atoms with Crippen molar-refractivity contribution in [2.75, 3.05) is 0 Å². The Morgan fingerprint density at radius 1 is 1.38 bits per heavy atom. The molecule has 0 fully saturated rings. The highest BCUT2D eigenvalue weighted by Crippen LogP contribution is 2.11. The number of aromatic nitrogens is 2. The zero-order chi connectivity index (χ0) is 15.2. The standard InChI is InChI=1S/C16H20N4O/c1-4-12-5-7-13(8-6-12)10-17-20-16(21)15-9-14(11(2)3)18-19-15/h5-11H,4H2,1-3H3,(H,18,19)(H,20,21). The summed E-state index contributed by atoms with van der Waals surface area (Å²) in [7, 11) is 0. The van der Waals surface area contributed by atoms with Gasteiger partial charge in [0.25, 0.3) is 5.91 Å². The van der Waals surface area contributed by atoms with Gasteiger partial charge in [-0.2, -0.15) is 10.2 Å². The summed E-state index contributed by atoms with van der Waals surface area (Å²) in [5, 5.41) is 10.8. The van der Waals surface area contributed by atoms with E-state index in [1.54, 1.807) is 12.3 Å². The van der Waals surface area contributed by atoms with E-state index in [2.05, 4.69) is 27.6 Å². The van der Waals surface area contributed by atoms with Crippen LogP contribution in [-0.2, 0) is 6.42 Å². The molecule has 0 atom stereocenters. The second-order valence-electron chi connectivity index (χ2n) is 5.16. The Morgan fingerprint density at radius 2 is 2.10 bits per heavy atom. The second kappa shape index (κ2) is 6.83. The first-order valence-electron chi connectivity index (χ1n) is 7.07. The lowest BCUT2D eigenvalue weighted by atomic mass is 10.1. The normalized spacial score (nSPS) is 11.2. The molecule has 0 aliphatic carbocycles. The number of hydrogen-bond donors (Lipinski definition) is 2. The highest BCUT2D eigenvalue weighted by Gasteiger charge is 2.10. The molecule has 0 aliphatic heterocycles. The van der Waals surface area contributed by atoms with Crippen molar-refractivity contribution in [2.24, 2.45) is 5.10 Å². The Kier molecular flexibility index (Phi) is 4.87. The molecule has 0 saturated heterocycles. The molecule has 21 heavy (non-hydrogen) atoms. The number of hydrazone groups is 1. The number of amides is 1. The molecule has 0 radical (unpaired) electrons. The average Bonchev–Trinajstić information content (AvgIpc) is 2.98. The molecule has 5 heteroatoms. The first-order chi connectivity index (χ1) is 10.1. The maximum atomic E-state index is 11.9. The smallest absolute Gasteiger partial charge is 0.282 e. The van der Waals surface area contributed by atoms with E-state index < -0.39 is 0 Å². The predicted octanol–water partition coefficient (Wildman–Crippen LogP) is 2.86. The fraction of sp³-hybridized carbons (Fsp3) is 0.312. The van der Waals surface area contributed by atoms with Gasteiger partial charge in [-0.25, -0.2) is 5.43 Å². The van der Waals surface area contributed by atoms with Crippen LogP contribution in [0.15, 0.2) is 35.4 Å². The molecule has 2 N–H and O–H groups in total. The number of carbonyl (C=O) groups excluding carboxylic acids is 1. The topological polar surface area (TPSA) is 70.1 Å². The monoisotopic (exact) mass is 284 g/mol. The zero-order valence-electron chi connectivity index (χ0n) is 12.6. The Morgan fingerprint density at radius 3 is 2.67 bits per heavy atom. The number of aryl methyl sites for hydroxylation is 1. The van der Waals surface area contributed by atoms with Gasteiger partial charge in [-0.15, -0.1) is 0 Å². The van der Waals surface area contributed by atoms with Crippen LogP contribution < -0.4 is 5.43 Å². The van der Waals surface area contributed by atoms with E-state index in [0.717, 1.165) is 17.7 Å². The van der Waals surface area contributed by atoms with E-state index >= 15 is 0 Å². The van der Waals surface area contributed by atoms with E-state index in [-0.39, 0.29) is 5.91 Å². The molecule has 0 unspecified atom stereocenters. The van der Waals surface area contributed by atoms with E-state index in [0.29, 0.717) is 11.6 Å². The first kappa shape index (κ1) is 15.0. The number of hydrogen-bond acceptors (Lipinski definition) is 3. The van der Waals surface area contributed by atoms with Gasteiger partial charge in [0.05, 0.1) is 6.21 Å². The third kappa shape index (κ3) is 4.02. The van der Waals surface area contributed by atoms with Gasteiger partial charge in [-0.05, 0) is 29.5 Å². The van der Waals surface area contributed by atoms with Crippen LogP contribution in [-0.4, -0.2) is 22.3 Å².